The quantitative estimate of drug-likeness (QED) is 0.100. The molecule has 0 fully saturated rings. The molecule has 0 bridgehead atoms. The summed E-state index contributed by atoms with van der Waals surface area (Å²) in [7, 11) is 0. The molecule has 0 spiro atoms. The summed E-state index contributed by atoms with van der Waals surface area (Å²) in [5, 5.41) is 8.35. The second-order valence-electron chi connectivity index (χ2n) is 16.1. The smallest absolute Gasteiger partial charge is 0.338 e. The highest BCUT2D eigenvalue weighted by molar-refractivity contribution is 5.97. The lowest BCUT2D eigenvalue weighted by molar-refractivity contribution is -0.138. The summed E-state index contributed by atoms with van der Waals surface area (Å²) in [5.41, 5.74) is -6.05. The van der Waals surface area contributed by atoms with Gasteiger partial charge in [0.25, 0.3) is 5.91 Å². The second kappa shape index (κ2) is 19.4. The molecule has 2 heterocycles. The molecule has 3 amide bonds. The summed E-state index contributed by atoms with van der Waals surface area (Å²) in [6, 6.07) is 34.2. The Bertz CT molecular complexity index is 2880. The molecule has 0 aliphatic rings. The topological polar surface area (TPSA) is 96.0 Å². The molecule has 2 unspecified atom stereocenters. The highest BCUT2D eigenvalue weighted by Gasteiger charge is 2.43. The van der Waals surface area contributed by atoms with Crippen molar-refractivity contribution in [2.45, 2.75) is 56.3 Å². The van der Waals surface area contributed by atoms with Crippen LogP contribution in [0.15, 0.2) is 164 Å². The number of carbonyl (C=O) groups excluding carboxylic acids is 2. The van der Waals surface area contributed by atoms with Crippen LogP contribution < -0.4 is 16.0 Å². The number of nitrogens with one attached hydrogen (secondary N) is 3. The average molecular weight is 940 g/mol. The van der Waals surface area contributed by atoms with Crippen molar-refractivity contribution >= 4 is 11.9 Å². The molecule has 68 heavy (non-hydrogen) atoms. The number of hydrogen-bond donors (Lipinski definition) is 3. The number of aromatic nitrogens is 2. The molecule has 0 saturated carbocycles. The Balaban J connectivity index is 1.40. The maximum Gasteiger partial charge on any atom is 0.416 e. The first kappa shape index (κ1) is 48.4. The van der Waals surface area contributed by atoms with E-state index in [0.29, 0.717) is 11.1 Å². The molecule has 0 saturated heterocycles. The molecule has 7 nitrogen and oxygen atoms in total. The van der Waals surface area contributed by atoms with E-state index in [1.54, 1.807) is 79.7 Å². The Morgan fingerprint density at radius 1 is 0.500 bits per heavy atom. The van der Waals surface area contributed by atoms with E-state index < -0.39 is 63.8 Å². The maximum atomic E-state index is 15.1. The Kier molecular flexibility index (Phi) is 13.8. The first-order valence-electron chi connectivity index (χ1n) is 21.2. The minimum atomic E-state index is -4.95. The summed E-state index contributed by atoms with van der Waals surface area (Å²) >= 11 is 0. The van der Waals surface area contributed by atoms with E-state index >= 15 is 13.2 Å². The van der Waals surface area contributed by atoms with Crippen LogP contribution in [0.3, 0.4) is 0 Å². The number of urea groups is 1. The third kappa shape index (κ3) is 10.5. The monoisotopic (exact) mass is 939 g/mol. The number of benzene rings is 5. The first-order valence-corrected chi connectivity index (χ1v) is 21.2. The van der Waals surface area contributed by atoms with Gasteiger partial charge >= 0.3 is 24.6 Å². The van der Waals surface area contributed by atoms with Gasteiger partial charge in [-0.15, -0.1) is 0 Å². The average Bonchev–Trinajstić information content (AvgIpc) is 3.31. The summed E-state index contributed by atoms with van der Waals surface area (Å²) in [5.74, 6) is -1.00. The number of alkyl halides is 9. The molecule has 0 radical (unpaired) electrons. The van der Waals surface area contributed by atoms with Gasteiger partial charge in [-0.1, -0.05) is 84.9 Å². The molecular weight excluding hydrogens is 898 g/mol. The second-order valence-corrected chi connectivity index (χ2v) is 16.1. The number of rotatable bonds is 13. The number of hydrogen-bond acceptors (Lipinski definition) is 4. The van der Waals surface area contributed by atoms with Crippen LogP contribution >= 0.6 is 0 Å². The van der Waals surface area contributed by atoms with Crippen molar-refractivity contribution in [3.63, 3.8) is 0 Å². The molecule has 5 aromatic carbocycles. The summed E-state index contributed by atoms with van der Waals surface area (Å²) < 4.78 is 130. The van der Waals surface area contributed by atoms with Crippen LogP contribution in [0.1, 0.15) is 73.2 Å². The van der Waals surface area contributed by atoms with Crippen molar-refractivity contribution in [2.24, 2.45) is 0 Å². The van der Waals surface area contributed by atoms with Gasteiger partial charge in [-0.05, 0) is 120 Å². The maximum absolute atomic E-state index is 15.1. The minimum Gasteiger partial charge on any atom is -0.338 e. The molecule has 2 atom stereocenters. The van der Waals surface area contributed by atoms with E-state index in [-0.39, 0.29) is 58.6 Å². The number of carbonyl (C=O) groups is 2. The molecule has 0 aliphatic heterocycles. The summed E-state index contributed by atoms with van der Waals surface area (Å²) in [4.78, 5) is 36.8. The zero-order chi connectivity index (χ0) is 48.9. The molecule has 7 aromatic rings. The summed E-state index contributed by atoms with van der Waals surface area (Å²) in [6.07, 6.45) is -12.1. The molecule has 16 heteroatoms. The van der Waals surface area contributed by atoms with Gasteiger partial charge in [-0.3, -0.25) is 14.8 Å². The van der Waals surface area contributed by atoms with E-state index in [1.165, 1.54) is 54.9 Å². The Morgan fingerprint density at radius 3 is 1.59 bits per heavy atom. The van der Waals surface area contributed by atoms with Crippen molar-refractivity contribution in [1.82, 2.24) is 25.9 Å². The van der Waals surface area contributed by atoms with Gasteiger partial charge in [0.1, 0.15) is 11.1 Å². The number of pyridine rings is 2. The van der Waals surface area contributed by atoms with Gasteiger partial charge in [0, 0.05) is 37.3 Å². The number of nitrogens with zero attached hydrogens (tertiary/aromatic N) is 2. The molecule has 3 N–H and O–H groups in total. The fraction of sp³-hybridized carbons (Fsp3) is 0.192. The molecule has 7 rings (SSSR count). The van der Waals surface area contributed by atoms with Gasteiger partial charge in [0.2, 0.25) is 0 Å². The predicted octanol–water partition coefficient (Wildman–Crippen LogP) is 12.2. The van der Waals surface area contributed by atoms with Gasteiger partial charge < -0.3 is 16.0 Å². The lowest BCUT2D eigenvalue weighted by atomic mass is 9.78. The van der Waals surface area contributed by atoms with Crippen molar-refractivity contribution in [1.29, 1.82) is 0 Å². The zero-order valence-electron chi connectivity index (χ0n) is 36.3. The fourth-order valence-corrected chi connectivity index (χ4v) is 8.31. The zero-order valence-corrected chi connectivity index (χ0v) is 36.3. The third-order valence-corrected chi connectivity index (χ3v) is 11.6. The lowest BCUT2D eigenvalue weighted by Gasteiger charge is -2.36. The molecular formula is C52H42F9N5O2. The van der Waals surface area contributed by atoms with Crippen molar-refractivity contribution in [3.8, 4) is 11.1 Å². The summed E-state index contributed by atoms with van der Waals surface area (Å²) in [6.45, 7) is 2.99. The van der Waals surface area contributed by atoms with Crippen LogP contribution in [0.2, 0.25) is 0 Å². The highest BCUT2D eigenvalue weighted by Crippen LogP contribution is 2.42. The Labute approximate surface area is 385 Å². The van der Waals surface area contributed by atoms with E-state index in [0.717, 1.165) is 43.3 Å². The standard InChI is InChI=1S/C52H42F9N5O2/c1-3-62-47(68)66-48(44-19-7-9-25-63-44,38-15-11-16-39(29-38)50(53,54)55)32-35-21-23-36(24-22-35)37-27-40(30-41(28-37)51(56,57)58)49(45-20-8-10-26-64-45,31-34-13-5-4-6-14-34)65-46(67)42-17-12-18-43(33(42)2)52(59,60)61/h4-30H,3,31-32H2,1-2H3,(H,65,67)(H2,62,66,68). The normalized spacial score (nSPS) is 13.8. The predicted molar refractivity (Wildman–Crippen MR) is 238 cm³/mol. The minimum absolute atomic E-state index is 0.0218. The van der Waals surface area contributed by atoms with Crippen LogP contribution in [0, 0.1) is 6.92 Å². The number of amides is 3. The van der Waals surface area contributed by atoms with E-state index in [2.05, 4.69) is 25.9 Å². The van der Waals surface area contributed by atoms with Gasteiger partial charge in [-0.25, -0.2) is 4.79 Å². The van der Waals surface area contributed by atoms with Gasteiger partial charge in [0.15, 0.2) is 0 Å². The Morgan fingerprint density at radius 2 is 1.03 bits per heavy atom. The van der Waals surface area contributed by atoms with Crippen molar-refractivity contribution in [3.05, 3.63) is 226 Å². The van der Waals surface area contributed by atoms with E-state index in [4.69, 9.17) is 0 Å². The van der Waals surface area contributed by atoms with Crippen LogP contribution in [-0.2, 0) is 42.4 Å². The third-order valence-electron chi connectivity index (χ3n) is 11.6. The first-order chi connectivity index (χ1) is 32.2. The van der Waals surface area contributed by atoms with E-state index in [1.807, 2.05) is 0 Å². The Hall–Kier alpha value is -7.49. The van der Waals surface area contributed by atoms with Crippen molar-refractivity contribution in [2.75, 3.05) is 6.54 Å². The van der Waals surface area contributed by atoms with Crippen molar-refractivity contribution < 1.29 is 49.1 Å². The van der Waals surface area contributed by atoms with Crippen LogP contribution in [0.5, 0.6) is 0 Å². The highest BCUT2D eigenvalue weighted by atomic mass is 19.4. The van der Waals surface area contributed by atoms with Crippen LogP contribution in [0.4, 0.5) is 44.3 Å². The van der Waals surface area contributed by atoms with E-state index in [9.17, 15) is 35.9 Å². The molecule has 0 aliphatic carbocycles. The van der Waals surface area contributed by atoms with Gasteiger partial charge in [-0.2, -0.15) is 39.5 Å². The van der Waals surface area contributed by atoms with Crippen LogP contribution in [-0.4, -0.2) is 28.5 Å². The number of halogens is 9. The van der Waals surface area contributed by atoms with Gasteiger partial charge in [0.05, 0.1) is 28.1 Å². The molecule has 350 valence electrons. The molecule has 2 aromatic heterocycles. The lowest BCUT2D eigenvalue weighted by Crippen LogP contribution is -2.52. The van der Waals surface area contributed by atoms with Crippen LogP contribution in [0.25, 0.3) is 11.1 Å². The largest absolute Gasteiger partial charge is 0.416 e. The SMILES string of the molecule is CCNC(=O)NC(Cc1ccc(-c2cc(C(F)(F)F)cc(C(Cc3ccccc3)(NC(=O)c3cccc(C(F)(F)F)c3C)c3ccccn3)c2)cc1)(c1cccc(C(F)(F)F)c1)c1ccccn1. The fourth-order valence-electron chi connectivity index (χ4n) is 8.31.